The summed E-state index contributed by atoms with van der Waals surface area (Å²) in [4.78, 5) is 56.1. The molecule has 3 aliphatic rings. The van der Waals surface area contributed by atoms with E-state index in [2.05, 4.69) is 31.4 Å². The molecule has 0 bridgehead atoms. The maximum atomic E-state index is 13.9. The molecule has 0 radical (unpaired) electrons. The number of piperidine rings is 1. The van der Waals surface area contributed by atoms with E-state index in [0.29, 0.717) is 103 Å². The molecule has 5 rings (SSSR count). The number of amides is 2. The summed E-state index contributed by atoms with van der Waals surface area (Å²) in [5.41, 5.74) is 5.07. The molecule has 2 N–H and O–H groups in total. The topological polar surface area (TPSA) is 150 Å². The van der Waals surface area contributed by atoms with Gasteiger partial charge in [0.1, 0.15) is 5.69 Å². The molecule has 3 aliphatic heterocycles. The van der Waals surface area contributed by atoms with Gasteiger partial charge in [-0.05, 0) is 18.9 Å². The van der Waals surface area contributed by atoms with Crippen LogP contribution >= 0.6 is 0 Å². The summed E-state index contributed by atoms with van der Waals surface area (Å²) in [5.74, 6) is 0.522. The van der Waals surface area contributed by atoms with E-state index in [1.807, 2.05) is 16.8 Å². The van der Waals surface area contributed by atoms with Crippen LogP contribution in [0.15, 0.2) is 18.9 Å². The Kier molecular flexibility index (Phi) is 10.1. The fourth-order valence-corrected chi connectivity index (χ4v) is 5.63. The number of carbonyl (C=O) groups is 2. The molecule has 0 saturated carbocycles. The van der Waals surface area contributed by atoms with E-state index in [1.165, 1.54) is 12.3 Å². The molecule has 0 aromatic carbocycles. The van der Waals surface area contributed by atoms with Crippen molar-refractivity contribution in [2.75, 3.05) is 101 Å². The standard InChI is InChI=1S/C28H39F2N11O3/c1-3-21(42)39-6-4-19(5-7-39)25(43)37(2)8-9-38-10-12-40(13-11-38)27-34-24(20-18-32-26(31)33-22(20)23(29)30)35-28(36-27)41-14-16-44-17-15-41/h3,18-19,23H,1,4-17H2,2H3,(H2,31,32,33). The Labute approximate surface area is 254 Å². The van der Waals surface area contributed by atoms with E-state index in [4.69, 9.17) is 15.5 Å². The van der Waals surface area contributed by atoms with E-state index in [9.17, 15) is 18.4 Å². The number of ether oxygens (including phenoxy) is 1. The number of nitrogens with two attached hydrogens (primary N) is 1. The van der Waals surface area contributed by atoms with Crippen molar-refractivity contribution >= 4 is 29.7 Å². The lowest BCUT2D eigenvalue weighted by atomic mass is 9.95. The highest BCUT2D eigenvalue weighted by atomic mass is 19.3. The molecule has 16 heteroatoms. The Bertz CT molecular complexity index is 1330. The van der Waals surface area contributed by atoms with E-state index < -0.39 is 12.1 Å². The molecule has 14 nitrogen and oxygen atoms in total. The maximum absolute atomic E-state index is 13.9. The number of carbonyl (C=O) groups excluding carboxylic acids is 2. The first-order valence-corrected chi connectivity index (χ1v) is 14.9. The van der Waals surface area contributed by atoms with Crippen LogP contribution in [0.3, 0.4) is 0 Å². The number of rotatable bonds is 9. The van der Waals surface area contributed by atoms with Gasteiger partial charge in [0.2, 0.25) is 29.7 Å². The number of nitrogens with zero attached hydrogens (tertiary/aromatic N) is 10. The summed E-state index contributed by atoms with van der Waals surface area (Å²) in [6.45, 7) is 10.8. The lowest BCUT2D eigenvalue weighted by Gasteiger charge is -2.36. The van der Waals surface area contributed by atoms with Crippen LogP contribution in [-0.4, -0.2) is 137 Å². The van der Waals surface area contributed by atoms with Gasteiger partial charge in [-0.1, -0.05) is 6.58 Å². The summed E-state index contributed by atoms with van der Waals surface area (Å²) in [6.07, 6.45) is 0.970. The quantitative estimate of drug-likeness (QED) is 0.396. The Morgan fingerprint density at radius 2 is 1.66 bits per heavy atom. The van der Waals surface area contributed by atoms with E-state index in [0.717, 1.165) is 0 Å². The van der Waals surface area contributed by atoms with Crippen LogP contribution in [-0.2, 0) is 14.3 Å². The summed E-state index contributed by atoms with van der Waals surface area (Å²) in [5, 5.41) is 0. The Balaban J connectivity index is 1.22. The van der Waals surface area contributed by atoms with Gasteiger partial charge in [0.15, 0.2) is 5.82 Å². The molecule has 44 heavy (non-hydrogen) atoms. The van der Waals surface area contributed by atoms with Crippen LogP contribution in [0.5, 0.6) is 0 Å². The van der Waals surface area contributed by atoms with Crippen LogP contribution < -0.4 is 15.5 Å². The average molecular weight is 616 g/mol. The van der Waals surface area contributed by atoms with Crippen molar-refractivity contribution in [3.63, 3.8) is 0 Å². The van der Waals surface area contributed by atoms with Gasteiger partial charge in [0, 0.05) is 84.6 Å². The summed E-state index contributed by atoms with van der Waals surface area (Å²) >= 11 is 0. The van der Waals surface area contributed by atoms with Crippen molar-refractivity contribution in [2.45, 2.75) is 19.3 Å². The largest absolute Gasteiger partial charge is 0.378 e. The average Bonchev–Trinajstić information content (AvgIpc) is 3.06. The summed E-state index contributed by atoms with van der Waals surface area (Å²) in [7, 11) is 1.83. The first-order chi connectivity index (χ1) is 21.2. The molecule has 0 unspecified atom stereocenters. The number of likely N-dealkylation sites (tertiary alicyclic amines) is 1. The molecule has 0 spiro atoms. The fraction of sp³-hybridized carbons (Fsp3) is 0.607. The molecule has 2 aromatic rings. The van der Waals surface area contributed by atoms with Gasteiger partial charge >= 0.3 is 0 Å². The molecule has 0 atom stereocenters. The minimum Gasteiger partial charge on any atom is -0.378 e. The first kappa shape index (κ1) is 31.4. The highest BCUT2D eigenvalue weighted by Crippen LogP contribution is 2.30. The van der Waals surface area contributed by atoms with Crippen molar-refractivity contribution < 1.29 is 23.1 Å². The second-order valence-electron chi connectivity index (χ2n) is 11.1. The number of likely N-dealkylation sites (N-methyl/N-ethyl adjacent to an activating group) is 1. The molecule has 3 fully saturated rings. The smallest absolute Gasteiger partial charge is 0.281 e. The van der Waals surface area contributed by atoms with E-state index in [-0.39, 0.29) is 35.1 Å². The first-order valence-electron chi connectivity index (χ1n) is 14.9. The van der Waals surface area contributed by atoms with Crippen LogP contribution in [0, 0.1) is 5.92 Å². The minimum absolute atomic E-state index is 0.0108. The van der Waals surface area contributed by atoms with Crippen molar-refractivity contribution in [3.8, 4) is 11.4 Å². The third-order valence-corrected chi connectivity index (χ3v) is 8.30. The molecule has 0 aliphatic carbocycles. The number of nitrogen functional groups attached to an aromatic ring is 1. The predicted octanol–water partition coefficient (Wildman–Crippen LogP) is 0.690. The lowest BCUT2D eigenvalue weighted by molar-refractivity contribution is -0.138. The predicted molar refractivity (Wildman–Crippen MR) is 159 cm³/mol. The Hall–Kier alpha value is -4.05. The maximum Gasteiger partial charge on any atom is 0.281 e. The molecule has 5 heterocycles. The van der Waals surface area contributed by atoms with Gasteiger partial charge in [0.05, 0.1) is 18.8 Å². The van der Waals surface area contributed by atoms with Gasteiger partial charge < -0.3 is 30.1 Å². The minimum atomic E-state index is -2.88. The molecular weight excluding hydrogens is 576 g/mol. The number of aromatic nitrogens is 5. The number of hydrogen-bond donors (Lipinski definition) is 1. The van der Waals surface area contributed by atoms with Crippen molar-refractivity contribution in [1.82, 2.24) is 39.6 Å². The summed E-state index contributed by atoms with van der Waals surface area (Å²) < 4.78 is 33.2. The molecule has 2 amide bonds. The second-order valence-corrected chi connectivity index (χ2v) is 11.1. The third-order valence-electron chi connectivity index (χ3n) is 8.30. The number of alkyl halides is 2. The zero-order chi connectivity index (χ0) is 31.2. The van der Waals surface area contributed by atoms with Gasteiger partial charge in [-0.3, -0.25) is 14.5 Å². The normalized spacial score (nSPS) is 18.5. The molecule has 2 aromatic heterocycles. The molecular formula is C28H39F2N11O3. The number of halogens is 2. The Morgan fingerprint density at radius 1 is 1.02 bits per heavy atom. The van der Waals surface area contributed by atoms with Crippen molar-refractivity contribution in [3.05, 3.63) is 24.5 Å². The van der Waals surface area contributed by atoms with E-state index in [1.54, 1.807) is 9.80 Å². The van der Waals surface area contributed by atoms with Crippen LogP contribution in [0.1, 0.15) is 25.0 Å². The number of morpholine rings is 1. The van der Waals surface area contributed by atoms with Gasteiger partial charge in [-0.25, -0.2) is 18.7 Å². The summed E-state index contributed by atoms with van der Waals surface area (Å²) in [6, 6.07) is 0. The lowest BCUT2D eigenvalue weighted by Crippen LogP contribution is -2.50. The van der Waals surface area contributed by atoms with Crippen LogP contribution in [0.4, 0.5) is 26.6 Å². The third kappa shape index (κ3) is 7.35. The highest BCUT2D eigenvalue weighted by Gasteiger charge is 2.30. The number of hydrogen-bond acceptors (Lipinski definition) is 12. The van der Waals surface area contributed by atoms with Gasteiger partial charge in [-0.15, -0.1) is 0 Å². The van der Waals surface area contributed by atoms with Crippen molar-refractivity contribution in [2.24, 2.45) is 5.92 Å². The van der Waals surface area contributed by atoms with Crippen LogP contribution in [0.25, 0.3) is 11.4 Å². The van der Waals surface area contributed by atoms with Crippen molar-refractivity contribution in [1.29, 1.82) is 0 Å². The van der Waals surface area contributed by atoms with Crippen LogP contribution in [0.2, 0.25) is 0 Å². The fourth-order valence-electron chi connectivity index (χ4n) is 5.63. The Morgan fingerprint density at radius 3 is 2.27 bits per heavy atom. The second kappa shape index (κ2) is 14.2. The zero-order valence-corrected chi connectivity index (χ0v) is 24.9. The van der Waals surface area contributed by atoms with Gasteiger partial charge in [-0.2, -0.15) is 15.0 Å². The van der Waals surface area contributed by atoms with E-state index >= 15 is 0 Å². The molecule has 3 saturated heterocycles. The number of anilines is 3. The highest BCUT2D eigenvalue weighted by molar-refractivity contribution is 5.87. The SMILES string of the molecule is C=CC(=O)N1CCC(C(=O)N(C)CCN2CCN(c3nc(-c4cnc(N)nc4C(F)F)nc(N4CCOCC4)n3)CC2)CC1. The monoisotopic (exact) mass is 615 g/mol. The zero-order valence-electron chi connectivity index (χ0n) is 24.9. The molecule has 238 valence electrons. The van der Waals surface area contributed by atoms with Gasteiger partial charge in [0.25, 0.3) is 6.43 Å². The number of piperazine rings is 1.